The highest BCUT2D eigenvalue weighted by Gasteiger charge is 2.32. The second-order valence-corrected chi connectivity index (χ2v) is 7.00. The lowest BCUT2D eigenvalue weighted by Gasteiger charge is -2.40. The summed E-state index contributed by atoms with van der Waals surface area (Å²) in [6.07, 6.45) is 14.3. The molecular formula is C18H29NO. The number of hydrogen-bond acceptors (Lipinski definition) is 2. The predicted molar refractivity (Wildman–Crippen MR) is 82.7 cm³/mol. The number of furan rings is 1. The van der Waals surface area contributed by atoms with Gasteiger partial charge in [0.1, 0.15) is 5.76 Å². The molecule has 4 unspecified atom stereocenters. The van der Waals surface area contributed by atoms with Gasteiger partial charge in [-0.05, 0) is 56.6 Å². The van der Waals surface area contributed by atoms with Gasteiger partial charge >= 0.3 is 0 Å². The van der Waals surface area contributed by atoms with E-state index in [0.29, 0.717) is 6.04 Å². The maximum absolute atomic E-state index is 5.42. The molecule has 20 heavy (non-hydrogen) atoms. The van der Waals surface area contributed by atoms with Crippen molar-refractivity contribution >= 4 is 0 Å². The van der Waals surface area contributed by atoms with Crippen molar-refractivity contribution < 1.29 is 4.42 Å². The summed E-state index contributed by atoms with van der Waals surface area (Å²) >= 11 is 0. The Morgan fingerprint density at radius 2 is 2.05 bits per heavy atom. The largest absolute Gasteiger partial charge is 0.469 e. The normalized spacial score (nSPS) is 31.8. The second-order valence-electron chi connectivity index (χ2n) is 7.00. The van der Waals surface area contributed by atoms with Gasteiger partial charge in [0.15, 0.2) is 0 Å². The summed E-state index contributed by atoms with van der Waals surface area (Å²) in [5.41, 5.74) is 0. The third-order valence-corrected chi connectivity index (χ3v) is 5.46. The van der Waals surface area contributed by atoms with Crippen LogP contribution in [-0.4, -0.2) is 12.1 Å². The molecule has 0 saturated heterocycles. The molecular weight excluding hydrogens is 246 g/mol. The minimum absolute atomic E-state index is 0.602. The quantitative estimate of drug-likeness (QED) is 0.853. The van der Waals surface area contributed by atoms with Crippen LogP contribution < -0.4 is 5.32 Å². The Morgan fingerprint density at radius 3 is 2.85 bits per heavy atom. The van der Waals surface area contributed by atoms with Gasteiger partial charge in [0.25, 0.3) is 0 Å². The van der Waals surface area contributed by atoms with Crippen LogP contribution in [0, 0.1) is 11.8 Å². The van der Waals surface area contributed by atoms with Gasteiger partial charge in [-0.1, -0.05) is 25.7 Å². The van der Waals surface area contributed by atoms with E-state index >= 15 is 0 Å². The Hall–Kier alpha value is -0.760. The fourth-order valence-electron chi connectivity index (χ4n) is 4.32. The first kappa shape index (κ1) is 14.2. The molecule has 1 aromatic rings. The van der Waals surface area contributed by atoms with E-state index < -0.39 is 0 Å². The Labute approximate surface area is 123 Å². The first-order valence-electron chi connectivity index (χ1n) is 8.59. The minimum Gasteiger partial charge on any atom is -0.469 e. The Morgan fingerprint density at radius 1 is 1.20 bits per heavy atom. The van der Waals surface area contributed by atoms with Gasteiger partial charge in [-0.3, -0.25) is 0 Å². The summed E-state index contributed by atoms with van der Waals surface area (Å²) in [4.78, 5) is 0. The van der Waals surface area contributed by atoms with Gasteiger partial charge in [0, 0.05) is 18.5 Å². The van der Waals surface area contributed by atoms with E-state index in [2.05, 4.69) is 18.3 Å². The molecule has 2 aliphatic carbocycles. The van der Waals surface area contributed by atoms with Crippen LogP contribution in [0.1, 0.15) is 64.1 Å². The molecule has 2 heteroatoms. The van der Waals surface area contributed by atoms with Crippen LogP contribution in [0.3, 0.4) is 0 Å². The standard InChI is InChI=1S/C18H29NO/c1-14(8-11-18-7-4-12-20-18)19-17-10-9-15-5-2-3-6-16(15)13-17/h4,7,12,14-17,19H,2-3,5-6,8-11,13H2,1H3. The monoisotopic (exact) mass is 275 g/mol. The molecule has 0 spiro atoms. The maximum atomic E-state index is 5.42. The van der Waals surface area contributed by atoms with Gasteiger partial charge in [-0.2, -0.15) is 0 Å². The van der Waals surface area contributed by atoms with E-state index in [1.165, 1.54) is 51.4 Å². The van der Waals surface area contributed by atoms with Crippen molar-refractivity contribution in [3.63, 3.8) is 0 Å². The number of aryl methyl sites for hydroxylation is 1. The Kier molecular flexibility index (Phi) is 4.82. The number of rotatable bonds is 5. The zero-order valence-electron chi connectivity index (χ0n) is 12.8. The van der Waals surface area contributed by atoms with Crippen LogP contribution in [0.2, 0.25) is 0 Å². The van der Waals surface area contributed by atoms with Crippen molar-refractivity contribution in [1.29, 1.82) is 0 Å². The lowest BCUT2D eigenvalue weighted by atomic mass is 9.69. The molecule has 4 atom stereocenters. The number of hydrogen-bond donors (Lipinski definition) is 1. The van der Waals surface area contributed by atoms with Crippen molar-refractivity contribution in [2.24, 2.45) is 11.8 Å². The smallest absolute Gasteiger partial charge is 0.103 e. The van der Waals surface area contributed by atoms with Gasteiger partial charge in [0.2, 0.25) is 0 Å². The predicted octanol–water partition coefficient (Wildman–Crippen LogP) is 4.55. The van der Waals surface area contributed by atoms with E-state index in [4.69, 9.17) is 4.42 Å². The summed E-state index contributed by atoms with van der Waals surface area (Å²) in [5, 5.41) is 3.87. The molecule has 1 aromatic heterocycles. The van der Waals surface area contributed by atoms with Crippen molar-refractivity contribution in [3.05, 3.63) is 24.2 Å². The molecule has 2 fully saturated rings. The zero-order chi connectivity index (χ0) is 13.8. The summed E-state index contributed by atoms with van der Waals surface area (Å²) in [7, 11) is 0. The van der Waals surface area contributed by atoms with Gasteiger partial charge in [-0.15, -0.1) is 0 Å². The van der Waals surface area contributed by atoms with E-state index in [0.717, 1.165) is 30.1 Å². The molecule has 0 bridgehead atoms. The molecule has 0 radical (unpaired) electrons. The maximum Gasteiger partial charge on any atom is 0.103 e. The summed E-state index contributed by atoms with van der Waals surface area (Å²) < 4.78 is 5.42. The third-order valence-electron chi connectivity index (χ3n) is 5.46. The van der Waals surface area contributed by atoms with Crippen LogP contribution in [0.25, 0.3) is 0 Å². The van der Waals surface area contributed by atoms with Crippen molar-refractivity contribution in [2.75, 3.05) is 0 Å². The second kappa shape index (κ2) is 6.80. The van der Waals surface area contributed by atoms with E-state index in [1.54, 1.807) is 6.26 Å². The van der Waals surface area contributed by atoms with Crippen LogP contribution >= 0.6 is 0 Å². The summed E-state index contributed by atoms with van der Waals surface area (Å²) in [6.45, 7) is 2.33. The highest BCUT2D eigenvalue weighted by atomic mass is 16.3. The van der Waals surface area contributed by atoms with Gasteiger partial charge < -0.3 is 9.73 Å². The van der Waals surface area contributed by atoms with E-state index in [9.17, 15) is 0 Å². The van der Waals surface area contributed by atoms with Gasteiger partial charge in [-0.25, -0.2) is 0 Å². The highest BCUT2D eigenvalue weighted by molar-refractivity contribution is 4.98. The zero-order valence-corrected chi connectivity index (χ0v) is 12.8. The molecule has 0 aromatic carbocycles. The topological polar surface area (TPSA) is 25.2 Å². The average molecular weight is 275 g/mol. The van der Waals surface area contributed by atoms with E-state index in [-0.39, 0.29) is 0 Å². The Bertz CT molecular complexity index is 386. The Balaban J connectivity index is 1.41. The molecule has 2 saturated carbocycles. The summed E-state index contributed by atoms with van der Waals surface area (Å²) in [6, 6.07) is 5.43. The number of fused-ring (bicyclic) bond motifs is 1. The fourth-order valence-corrected chi connectivity index (χ4v) is 4.32. The van der Waals surface area contributed by atoms with Gasteiger partial charge in [0.05, 0.1) is 6.26 Å². The fraction of sp³-hybridized carbons (Fsp3) is 0.778. The van der Waals surface area contributed by atoms with Crippen molar-refractivity contribution in [2.45, 2.75) is 76.8 Å². The molecule has 3 rings (SSSR count). The third kappa shape index (κ3) is 3.66. The molecule has 112 valence electrons. The summed E-state index contributed by atoms with van der Waals surface area (Å²) in [5.74, 6) is 3.20. The van der Waals surface area contributed by atoms with Crippen LogP contribution in [0.15, 0.2) is 22.8 Å². The molecule has 0 amide bonds. The molecule has 1 N–H and O–H groups in total. The van der Waals surface area contributed by atoms with Crippen LogP contribution in [-0.2, 0) is 6.42 Å². The molecule has 0 aliphatic heterocycles. The first-order chi connectivity index (χ1) is 9.81. The minimum atomic E-state index is 0.602. The SMILES string of the molecule is CC(CCc1ccco1)NC1CCC2CCCCC2C1. The van der Waals surface area contributed by atoms with Crippen molar-refractivity contribution in [3.8, 4) is 0 Å². The average Bonchev–Trinajstić information content (AvgIpc) is 2.98. The van der Waals surface area contributed by atoms with E-state index in [1.807, 2.05) is 6.07 Å². The van der Waals surface area contributed by atoms with Crippen LogP contribution in [0.5, 0.6) is 0 Å². The number of nitrogens with one attached hydrogen (secondary N) is 1. The first-order valence-corrected chi connectivity index (χ1v) is 8.59. The van der Waals surface area contributed by atoms with Crippen molar-refractivity contribution in [1.82, 2.24) is 5.32 Å². The molecule has 2 nitrogen and oxygen atoms in total. The van der Waals surface area contributed by atoms with Crippen LogP contribution in [0.4, 0.5) is 0 Å². The lowest BCUT2D eigenvalue weighted by Crippen LogP contribution is -2.42. The molecule has 1 heterocycles. The molecule has 2 aliphatic rings. The lowest BCUT2D eigenvalue weighted by molar-refractivity contribution is 0.138. The highest BCUT2D eigenvalue weighted by Crippen LogP contribution is 2.40.